The molecular weight excluding hydrogens is 288 g/mol. The zero-order valence-electron chi connectivity index (χ0n) is 14.1. The second-order valence-corrected chi connectivity index (χ2v) is 7.11. The first-order valence-electron chi connectivity index (χ1n) is 8.18. The fourth-order valence-electron chi connectivity index (χ4n) is 3.96. The van der Waals surface area contributed by atoms with Crippen LogP contribution in [0.25, 0.3) is 6.08 Å². The minimum atomic E-state index is -0.527. The summed E-state index contributed by atoms with van der Waals surface area (Å²) in [6.45, 7) is 7.51. The molecule has 1 aromatic carbocycles. The fraction of sp³-hybridized carbons (Fsp3) is 0.450. The summed E-state index contributed by atoms with van der Waals surface area (Å²) in [4.78, 5) is 12.8. The standard InChI is InChI=1S/C20H24O3/c1-15-13-20(22-11-12-23-20)14-19(2,3)18(15)17(21)10-9-16-7-5-4-6-8-16/h4-10H,11-14H2,1-3H3/b10-9+. The highest BCUT2D eigenvalue weighted by atomic mass is 16.7. The number of hydrogen-bond acceptors (Lipinski definition) is 3. The van der Waals surface area contributed by atoms with Gasteiger partial charge in [0.1, 0.15) is 0 Å². The molecule has 3 heteroatoms. The molecule has 3 nitrogen and oxygen atoms in total. The monoisotopic (exact) mass is 312 g/mol. The van der Waals surface area contributed by atoms with Gasteiger partial charge in [0.05, 0.1) is 13.2 Å². The molecule has 0 atom stereocenters. The molecule has 0 bridgehead atoms. The minimum Gasteiger partial charge on any atom is -0.347 e. The maximum atomic E-state index is 12.8. The Hall–Kier alpha value is -1.71. The summed E-state index contributed by atoms with van der Waals surface area (Å²) in [5.74, 6) is -0.440. The number of allylic oxidation sites excluding steroid dienone is 2. The summed E-state index contributed by atoms with van der Waals surface area (Å²) < 4.78 is 11.7. The molecule has 1 aliphatic carbocycles. The van der Waals surface area contributed by atoms with Crippen LogP contribution in [0.15, 0.2) is 47.6 Å². The third-order valence-electron chi connectivity index (χ3n) is 4.64. The van der Waals surface area contributed by atoms with Crippen LogP contribution < -0.4 is 0 Å². The molecule has 2 aliphatic rings. The van der Waals surface area contributed by atoms with E-state index in [0.29, 0.717) is 19.6 Å². The summed E-state index contributed by atoms with van der Waals surface area (Å²) >= 11 is 0. The maximum absolute atomic E-state index is 12.8. The summed E-state index contributed by atoms with van der Waals surface area (Å²) in [5, 5.41) is 0. The lowest BCUT2D eigenvalue weighted by Crippen LogP contribution is -2.42. The van der Waals surface area contributed by atoms with Crippen molar-refractivity contribution in [2.45, 2.75) is 39.4 Å². The molecule has 122 valence electrons. The van der Waals surface area contributed by atoms with Gasteiger partial charge in [-0.25, -0.2) is 0 Å². The number of hydrogen-bond donors (Lipinski definition) is 0. The Morgan fingerprint density at radius 2 is 1.78 bits per heavy atom. The normalized spacial score (nSPS) is 22.9. The van der Waals surface area contributed by atoms with Gasteiger partial charge >= 0.3 is 0 Å². The van der Waals surface area contributed by atoms with E-state index in [4.69, 9.17) is 9.47 Å². The summed E-state index contributed by atoms with van der Waals surface area (Å²) in [7, 11) is 0. The highest BCUT2D eigenvalue weighted by Crippen LogP contribution is 2.48. The van der Waals surface area contributed by atoms with Crippen molar-refractivity contribution in [1.29, 1.82) is 0 Å². The van der Waals surface area contributed by atoms with Crippen molar-refractivity contribution in [3.05, 3.63) is 53.1 Å². The Labute approximate surface area is 138 Å². The van der Waals surface area contributed by atoms with Crippen LogP contribution in [-0.4, -0.2) is 24.8 Å². The Morgan fingerprint density at radius 1 is 1.13 bits per heavy atom. The first kappa shape index (κ1) is 16.2. The van der Waals surface area contributed by atoms with Crippen molar-refractivity contribution in [3.8, 4) is 0 Å². The van der Waals surface area contributed by atoms with Gasteiger partial charge in [0.15, 0.2) is 11.6 Å². The van der Waals surface area contributed by atoms with Gasteiger partial charge in [-0.1, -0.05) is 55.8 Å². The number of ketones is 1. The molecule has 1 spiro atoms. The summed E-state index contributed by atoms with van der Waals surface area (Å²) in [5.41, 5.74) is 2.75. The lowest BCUT2D eigenvalue weighted by Gasteiger charge is -2.42. The highest BCUT2D eigenvalue weighted by molar-refractivity contribution is 6.07. The molecule has 1 aliphatic heterocycles. The molecule has 23 heavy (non-hydrogen) atoms. The maximum Gasteiger partial charge on any atom is 0.182 e. The Morgan fingerprint density at radius 3 is 2.39 bits per heavy atom. The second kappa shape index (κ2) is 6.06. The van der Waals surface area contributed by atoms with E-state index < -0.39 is 5.79 Å². The SMILES string of the molecule is CC1=C(C(=O)/C=C/c2ccccc2)C(C)(C)CC2(C1)OCCO2. The predicted octanol–water partition coefficient (Wildman–Crippen LogP) is 4.15. The van der Waals surface area contributed by atoms with Gasteiger partial charge < -0.3 is 9.47 Å². The quantitative estimate of drug-likeness (QED) is 0.787. The van der Waals surface area contributed by atoms with Crippen LogP contribution >= 0.6 is 0 Å². The van der Waals surface area contributed by atoms with Crippen molar-refractivity contribution in [2.75, 3.05) is 13.2 Å². The van der Waals surface area contributed by atoms with Gasteiger partial charge in [-0.3, -0.25) is 4.79 Å². The van der Waals surface area contributed by atoms with E-state index in [1.165, 1.54) is 0 Å². The molecule has 1 fully saturated rings. The molecule has 0 aromatic heterocycles. The largest absolute Gasteiger partial charge is 0.347 e. The Balaban J connectivity index is 1.85. The first-order chi connectivity index (χ1) is 10.9. The van der Waals surface area contributed by atoms with E-state index in [9.17, 15) is 4.79 Å². The van der Waals surface area contributed by atoms with Crippen molar-refractivity contribution >= 4 is 11.9 Å². The van der Waals surface area contributed by atoms with Gasteiger partial charge in [0.2, 0.25) is 0 Å². The van der Waals surface area contributed by atoms with Crippen molar-refractivity contribution in [3.63, 3.8) is 0 Å². The third-order valence-corrected chi connectivity index (χ3v) is 4.64. The van der Waals surface area contributed by atoms with E-state index in [0.717, 1.165) is 23.1 Å². The lowest BCUT2D eigenvalue weighted by molar-refractivity contribution is -0.179. The van der Waals surface area contributed by atoms with Crippen LogP contribution in [0.2, 0.25) is 0 Å². The van der Waals surface area contributed by atoms with E-state index >= 15 is 0 Å². The molecule has 0 N–H and O–H groups in total. The average Bonchev–Trinajstić information content (AvgIpc) is 2.91. The topological polar surface area (TPSA) is 35.5 Å². The average molecular weight is 312 g/mol. The van der Waals surface area contributed by atoms with Crippen molar-refractivity contribution < 1.29 is 14.3 Å². The molecule has 3 rings (SSSR count). The Bertz CT molecular complexity index is 647. The molecule has 0 unspecified atom stereocenters. The third kappa shape index (κ3) is 3.31. The number of carbonyl (C=O) groups excluding carboxylic acids is 1. The van der Waals surface area contributed by atoms with Gasteiger partial charge in [0, 0.05) is 18.4 Å². The van der Waals surface area contributed by atoms with Crippen molar-refractivity contribution in [2.24, 2.45) is 5.41 Å². The zero-order valence-corrected chi connectivity index (χ0v) is 14.1. The van der Waals surface area contributed by atoms with Crippen molar-refractivity contribution in [1.82, 2.24) is 0 Å². The van der Waals surface area contributed by atoms with Gasteiger partial charge in [0.25, 0.3) is 0 Å². The Kier molecular flexibility index (Phi) is 4.26. The summed E-state index contributed by atoms with van der Waals surface area (Å²) in [6.07, 6.45) is 4.96. The number of carbonyl (C=O) groups is 1. The number of ether oxygens (including phenoxy) is 2. The molecule has 0 radical (unpaired) electrons. The molecule has 0 amide bonds. The molecule has 1 aromatic rings. The molecule has 1 saturated heterocycles. The number of benzene rings is 1. The minimum absolute atomic E-state index is 0.0872. The first-order valence-corrected chi connectivity index (χ1v) is 8.18. The van der Waals surface area contributed by atoms with E-state index in [1.807, 2.05) is 43.3 Å². The van der Waals surface area contributed by atoms with Gasteiger partial charge in [-0.2, -0.15) is 0 Å². The second-order valence-electron chi connectivity index (χ2n) is 7.11. The molecule has 0 saturated carbocycles. The van der Waals surface area contributed by atoms with E-state index in [-0.39, 0.29) is 11.2 Å². The van der Waals surface area contributed by atoms with Crippen LogP contribution in [0, 0.1) is 5.41 Å². The van der Waals surface area contributed by atoms with Crippen LogP contribution in [0.3, 0.4) is 0 Å². The van der Waals surface area contributed by atoms with Gasteiger partial charge in [-0.05, 0) is 24.0 Å². The van der Waals surface area contributed by atoms with Crippen LogP contribution in [0.4, 0.5) is 0 Å². The predicted molar refractivity (Wildman–Crippen MR) is 90.8 cm³/mol. The smallest absolute Gasteiger partial charge is 0.182 e. The fourth-order valence-corrected chi connectivity index (χ4v) is 3.96. The lowest BCUT2D eigenvalue weighted by atomic mass is 9.68. The molecular formula is C20H24O3. The van der Waals surface area contributed by atoms with Crippen LogP contribution in [-0.2, 0) is 14.3 Å². The highest BCUT2D eigenvalue weighted by Gasteiger charge is 2.48. The van der Waals surface area contributed by atoms with Crippen LogP contribution in [0.1, 0.15) is 39.2 Å². The van der Waals surface area contributed by atoms with E-state index in [1.54, 1.807) is 6.08 Å². The summed E-state index contributed by atoms with van der Waals surface area (Å²) in [6, 6.07) is 9.89. The van der Waals surface area contributed by atoms with Gasteiger partial charge in [-0.15, -0.1) is 0 Å². The van der Waals surface area contributed by atoms with Crippen LogP contribution in [0.5, 0.6) is 0 Å². The number of rotatable bonds is 3. The van der Waals surface area contributed by atoms with E-state index in [2.05, 4.69) is 13.8 Å². The molecule has 1 heterocycles. The zero-order chi connectivity index (χ0) is 16.5.